The summed E-state index contributed by atoms with van der Waals surface area (Å²) in [5.74, 6) is 0.000983. The van der Waals surface area contributed by atoms with Gasteiger partial charge in [-0.25, -0.2) is 0 Å². The average molecular weight is 711 g/mol. The van der Waals surface area contributed by atoms with E-state index in [1.807, 2.05) is 80.5 Å². The number of esters is 1. The molecular weight excluding hydrogens is 640 g/mol. The molecule has 13 atom stereocenters. The Balaban J connectivity index is 2.17. The predicted molar refractivity (Wildman–Crippen MR) is 195 cm³/mol. The van der Waals surface area contributed by atoms with E-state index in [0.717, 1.165) is 18.4 Å². The van der Waals surface area contributed by atoms with E-state index in [9.17, 15) is 9.90 Å². The lowest BCUT2D eigenvalue weighted by Crippen LogP contribution is -2.45. The third-order valence-corrected chi connectivity index (χ3v) is 9.69. The number of allylic oxidation sites excluding steroid dienone is 3. The molecule has 0 aromatic heterocycles. The highest BCUT2D eigenvalue weighted by Crippen LogP contribution is 2.38. The molecular formula is C40H70O10. The first-order valence-electron chi connectivity index (χ1n) is 19.1. The first-order valence-corrected chi connectivity index (χ1v) is 19.1. The van der Waals surface area contributed by atoms with Gasteiger partial charge in [0.05, 0.1) is 36.4 Å². The van der Waals surface area contributed by atoms with Crippen molar-refractivity contribution in [2.24, 2.45) is 17.8 Å². The maximum Gasteiger partial charge on any atom is 0.309 e. The fourth-order valence-corrected chi connectivity index (χ4v) is 6.78. The summed E-state index contributed by atoms with van der Waals surface area (Å²) < 4.78 is 47.6. The van der Waals surface area contributed by atoms with Gasteiger partial charge in [-0.3, -0.25) is 4.79 Å². The van der Waals surface area contributed by atoms with Crippen molar-refractivity contribution < 1.29 is 47.8 Å². The van der Waals surface area contributed by atoms with Gasteiger partial charge in [-0.15, -0.1) is 0 Å². The topological polar surface area (TPSA) is 114 Å². The third-order valence-electron chi connectivity index (χ3n) is 9.69. The Morgan fingerprint density at radius 3 is 2.28 bits per heavy atom. The van der Waals surface area contributed by atoms with E-state index in [1.54, 1.807) is 6.08 Å². The summed E-state index contributed by atoms with van der Waals surface area (Å²) in [5, 5.41) is 11.4. The number of aliphatic hydroxyl groups excluding tert-OH is 1. The summed E-state index contributed by atoms with van der Waals surface area (Å²) in [4.78, 5) is 13.4. The molecule has 0 aliphatic carbocycles. The van der Waals surface area contributed by atoms with Gasteiger partial charge in [0, 0.05) is 31.7 Å². The van der Waals surface area contributed by atoms with Gasteiger partial charge in [0.15, 0.2) is 18.9 Å². The smallest absolute Gasteiger partial charge is 0.309 e. The van der Waals surface area contributed by atoms with Crippen LogP contribution in [0.25, 0.3) is 0 Å². The fraction of sp³-hybridized carbons (Fsp3) is 0.825. The van der Waals surface area contributed by atoms with Crippen LogP contribution in [-0.2, 0) is 42.7 Å². The van der Waals surface area contributed by atoms with Crippen LogP contribution in [0, 0.1) is 17.8 Å². The van der Waals surface area contributed by atoms with E-state index >= 15 is 0 Å². The van der Waals surface area contributed by atoms with Crippen LogP contribution in [0.4, 0.5) is 0 Å². The van der Waals surface area contributed by atoms with Crippen LogP contribution in [0.2, 0.25) is 0 Å². The van der Waals surface area contributed by atoms with E-state index in [-0.39, 0.29) is 54.7 Å². The molecule has 50 heavy (non-hydrogen) atoms. The van der Waals surface area contributed by atoms with Crippen LogP contribution in [-0.4, -0.2) is 92.0 Å². The molecule has 0 amide bonds. The third kappa shape index (κ3) is 15.2. The first-order chi connectivity index (χ1) is 23.7. The average Bonchev–Trinajstić information content (AvgIpc) is 3.81. The highest BCUT2D eigenvalue weighted by Gasteiger charge is 2.46. The van der Waals surface area contributed by atoms with Crippen molar-refractivity contribution in [1.82, 2.24) is 0 Å². The summed E-state index contributed by atoms with van der Waals surface area (Å²) in [5.41, 5.74) is -0.0758. The normalized spacial score (nSPS) is 32.0. The summed E-state index contributed by atoms with van der Waals surface area (Å²) in [7, 11) is 0. The highest BCUT2D eigenvalue weighted by molar-refractivity contribution is 5.70. The molecule has 0 spiro atoms. The molecule has 290 valence electrons. The van der Waals surface area contributed by atoms with Crippen molar-refractivity contribution in [2.75, 3.05) is 19.8 Å². The number of ether oxygens (including phenoxy) is 8. The van der Waals surface area contributed by atoms with Crippen LogP contribution in [0.15, 0.2) is 36.0 Å². The molecule has 1 N–H and O–H groups in total. The Kier molecular flexibility index (Phi) is 20.0. The number of epoxide rings is 1. The molecule has 0 saturated carbocycles. The van der Waals surface area contributed by atoms with E-state index in [0.29, 0.717) is 32.7 Å². The standard InChI is InChI=1S/C40H70O10/c1-13-34(47-31(10)44-15-3)29(8)39-35(48-39)24-26(5)18-17-19-27(6)38-28(7)20-21-36(41)40(12,50-32(11)45-16-4)23-22-33(25-37(42)49-38)46-30(9)43-14-2/h17-21,26,28-36,38-39,41H,13-16,22-25H2,1-12H3. The minimum atomic E-state index is -0.974. The Morgan fingerprint density at radius 2 is 1.64 bits per heavy atom. The van der Waals surface area contributed by atoms with Gasteiger partial charge in [0.2, 0.25) is 0 Å². The molecule has 2 heterocycles. The quantitative estimate of drug-likeness (QED) is 0.0444. The Morgan fingerprint density at radius 1 is 1.00 bits per heavy atom. The van der Waals surface area contributed by atoms with Gasteiger partial charge in [0.25, 0.3) is 0 Å². The van der Waals surface area contributed by atoms with Crippen LogP contribution in [0.5, 0.6) is 0 Å². The summed E-state index contributed by atoms with van der Waals surface area (Å²) in [6.45, 7) is 25.3. The Hall–Kier alpha value is -1.63. The van der Waals surface area contributed by atoms with E-state index in [4.69, 9.17) is 37.9 Å². The lowest BCUT2D eigenvalue weighted by atomic mass is 9.88. The van der Waals surface area contributed by atoms with Crippen LogP contribution < -0.4 is 0 Å². The van der Waals surface area contributed by atoms with Crippen molar-refractivity contribution in [3.05, 3.63) is 36.0 Å². The van der Waals surface area contributed by atoms with E-state index in [2.05, 4.69) is 26.8 Å². The lowest BCUT2D eigenvalue weighted by molar-refractivity contribution is -0.224. The largest absolute Gasteiger partial charge is 0.457 e. The highest BCUT2D eigenvalue weighted by atomic mass is 16.7. The Bertz CT molecular complexity index is 1060. The summed E-state index contributed by atoms with van der Waals surface area (Å²) in [6, 6.07) is 0. The van der Waals surface area contributed by atoms with Gasteiger partial charge in [0.1, 0.15) is 12.2 Å². The monoisotopic (exact) mass is 710 g/mol. The molecule has 2 aliphatic rings. The van der Waals surface area contributed by atoms with E-state index in [1.165, 1.54) is 0 Å². The minimum Gasteiger partial charge on any atom is -0.457 e. The Labute approximate surface area is 303 Å². The number of cyclic esters (lactones) is 1. The molecule has 0 aromatic carbocycles. The van der Waals surface area contributed by atoms with Crippen LogP contribution in [0.3, 0.4) is 0 Å². The number of hydrogen-bond acceptors (Lipinski definition) is 10. The molecule has 1 fully saturated rings. The SMILES string of the molecule is CCOC(C)OC1CCC(C)(OC(C)OCC)C(O)C=CC(C)C(C(C)=CC=CC(C)CC2OC2C(C)C(CC)OC(C)OCC)OC(=O)C1. The molecule has 0 radical (unpaired) electrons. The molecule has 0 aromatic rings. The van der Waals surface area contributed by atoms with Gasteiger partial charge in [-0.2, -0.15) is 0 Å². The second-order valence-electron chi connectivity index (χ2n) is 14.2. The van der Waals surface area contributed by atoms with Gasteiger partial charge in [-0.1, -0.05) is 58.1 Å². The summed E-state index contributed by atoms with van der Waals surface area (Å²) in [6.07, 6.45) is 9.86. The molecule has 0 bridgehead atoms. The van der Waals surface area contributed by atoms with Crippen LogP contribution >= 0.6 is 0 Å². The zero-order valence-electron chi connectivity index (χ0n) is 33.1. The number of hydrogen-bond donors (Lipinski definition) is 1. The number of carbonyl (C=O) groups excluding carboxylic acids is 1. The number of rotatable bonds is 20. The van der Waals surface area contributed by atoms with E-state index < -0.39 is 36.5 Å². The van der Waals surface area contributed by atoms with Crippen molar-refractivity contribution in [2.45, 2.75) is 176 Å². The zero-order valence-corrected chi connectivity index (χ0v) is 33.1. The summed E-state index contributed by atoms with van der Waals surface area (Å²) >= 11 is 0. The zero-order chi connectivity index (χ0) is 37.4. The maximum absolute atomic E-state index is 13.4. The van der Waals surface area contributed by atoms with Crippen molar-refractivity contribution >= 4 is 5.97 Å². The number of carbonyl (C=O) groups is 1. The maximum atomic E-state index is 13.4. The van der Waals surface area contributed by atoms with Gasteiger partial charge in [-0.05, 0) is 92.6 Å². The molecule has 10 heteroatoms. The fourth-order valence-electron chi connectivity index (χ4n) is 6.78. The second kappa shape index (κ2) is 22.4. The predicted octanol–water partition coefficient (Wildman–Crippen LogP) is 7.67. The first kappa shape index (κ1) is 44.5. The van der Waals surface area contributed by atoms with Crippen molar-refractivity contribution in [3.8, 4) is 0 Å². The molecule has 13 unspecified atom stereocenters. The molecule has 2 aliphatic heterocycles. The van der Waals surface area contributed by atoms with Crippen molar-refractivity contribution in [3.63, 3.8) is 0 Å². The molecule has 10 nitrogen and oxygen atoms in total. The lowest BCUT2D eigenvalue weighted by Gasteiger charge is -2.37. The van der Waals surface area contributed by atoms with Crippen molar-refractivity contribution in [1.29, 1.82) is 0 Å². The molecule has 2 rings (SSSR count). The minimum absolute atomic E-state index is 0.0487. The molecule has 1 saturated heterocycles. The van der Waals surface area contributed by atoms with Gasteiger partial charge < -0.3 is 43.0 Å². The van der Waals surface area contributed by atoms with Gasteiger partial charge >= 0.3 is 5.97 Å². The van der Waals surface area contributed by atoms with Crippen LogP contribution in [0.1, 0.15) is 115 Å². The second-order valence-corrected chi connectivity index (χ2v) is 14.2. The number of aliphatic hydroxyl groups is 1.